The summed E-state index contributed by atoms with van der Waals surface area (Å²) in [5.41, 5.74) is 14.6. The van der Waals surface area contributed by atoms with Crippen molar-refractivity contribution in [1.82, 2.24) is 23.6 Å². The molecule has 15 rings (SSSR count). The molecule has 0 saturated carbocycles. The van der Waals surface area contributed by atoms with E-state index in [0.717, 1.165) is 91.2 Å². The molecule has 0 amide bonds. The summed E-state index contributed by atoms with van der Waals surface area (Å²) in [4.78, 5) is 16.4. The monoisotopic (exact) mass is 872 g/mol. The number of nitrogens with one attached hydrogen (secondary N) is 1. The highest BCUT2D eigenvalue weighted by molar-refractivity contribution is 6.39. The quantitative estimate of drug-likeness (QED) is 0.188. The van der Waals surface area contributed by atoms with E-state index in [1.54, 1.807) is 0 Å². The molecule has 12 aromatic rings. The van der Waals surface area contributed by atoms with Crippen molar-refractivity contribution in [2.24, 2.45) is 15.0 Å². The number of benzene rings is 8. The number of rotatable bonds is 4. The Morgan fingerprint density at radius 3 is 1.65 bits per heavy atom. The van der Waals surface area contributed by atoms with Crippen LogP contribution in [0.5, 0.6) is 0 Å². The molecule has 1 unspecified atom stereocenters. The molecular formula is C60H40N8. The van der Waals surface area contributed by atoms with Gasteiger partial charge < -0.3 is 14.5 Å². The minimum atomic E-state index is -0.551. The van der Waals surface area contributed by atoms with Gasteiger partial charge in [0.05, 0.1) is 56.2 Å². The highest BCUT2D eigenvalue weighted by atomic mass is 15.3. The number of hydrogen-bond donors (Lipinski definition) is 1. The smallest absolute Gasteiger partial charge is 0.182 e. The van der Waals surface area contributed by atoms with Gasteiger partial charge in [-0.15, -0.1) is 0 Å². The molecule has 320 valence electrons. The molecule has 8 aromatic carbocycles. The second-order valence-electron chi connectivity index (χ2n) is 17.9. The molecule has 8 nitrogen and oxygen atoms in total. The van der Waals surface area contributed by atoms with E-state index in [2.05, 4.69) is 224 Å². The molecule has 8 heteroatoms. The maximum Gasteiger partial charge on any atom is 0.182 e. The minimum absolute atomic E-state index is 0.551. The van der Waals surface area contributed by atoms with E-state index in [1.807, 2.05) is 6.21 Å². The van der Waals surface area contributed by atoms with Gasteiger partial charge in [0.1, 0.15) is 0 Å². The Kier molecular flexibility index (Phi) is 7.80. The van der Waals surface area contributed by atoms with Crippen molar-refractivity contribution < 1.29 is 0 Å². The van der Waals surface area contributed by atoms with Crippen LogP contribution >= 0.6 is 0 Å². The molecule has 0 spiro atoms. The number of amidine groups is 1. The maximum atomic E-state index is 5.58. The molecule has 1 aliphatic carbocycles. The molecule has 0 fully saturated rings. The van der Waals surface area contributed by atoms with Gasteiger partial charge in [-0.1, -0.05) is 146 Å². The Morgan fingerprint density at radius 1 is 0.471 bits per heavy atom. The van der Waals surface area contributed by atoms with Gasteiger partial charge in [0, 0.05) is 54.6 Å². The lowest BCUT2D eigenvalue weighted by Gasteiger charge is -2.29. The van der Waals surface area contributed by atoms with Crippen molar-refractivity contribution in [1.29, 1.82) is 0 Å². The van der Waals surface area contributed by atoms with E-state index in [0.29, 0.717) is 5.84 Å². The summed E-state index contributed by atoms with van der Waals surface area (Å²) in [6, 6.07) is 67.3. The van der Waals surface area contributed by atoms with Crippen LogP contribution < -0.4 is 5.32 Å². The Balaban J connectivity index is 0.966. The normalized spacial score (nSPS) is 15.8. The molecule has 6 heterocycles. The van der Waals surface area contributed by atoms with Crippen molar-refractivity contribution in [2.75, 3.05) is 0 Å². The van der Waals surface area contributed by atoms with Crippen LogP contribution in [-0.2, 0) is 6.42 Å². The first-order valence-electron chi connectivity index (χ1n) is 23.4. The molecule has 1 N–H and O–H groups in total. The number of fused-ring (bicyclic) bond motifs is 15. The fourth-order valence-electron chi connectivity index (χ4n) is 11.5. The van der Waals surface area contributed by atoms with E-state index in [4.69, 9.17) is 15.0 Å². The number of aliphatic imine (C=N–C) groups is 3. The zero-order valence-corrected chi connectivity index (χ0v) is 36.8. The lowest BCUT2D eigenvalue weighted by molar-refractivity contribution is 0.761. The van der Waals surface area contributed by atoms with Crippen molar-refractivity contribution in [2.45, 2.75) is 19.0 Å². The summed E-state index contributed by atoms with van der Waals surface area (Å²) < 4.78 is 9.53. The second-order valence-corrected chi connectivity index (χ2v) is 17.9. The summed E-state index contributed by atoms with van der Waals surface area (Å²) in [6.45, 7) is 0. The molecule has 4 aromatic heterocycles. The highest BCUT2D eigenvalue weighted by Crippen LogP contribution is 2.45. The third kappa shape index (κ3) is 5.16. The number of allylic oxidation sites excluding steroid dienone is 1. The summed E-state index contributed by atoms with van der Waals surface area (Å²) in [5, 5.41) is 12.4. The Bertz CT molecular complexity index is 4270. The van der Waals surface area contributed by atoms with Crippen LogP contribution in [-0.4, -0.2) is 42.3 Å². The molecule has 0 bridgehead atoms. The van der Waals surface area contributed by atoms with Crippen LogP contribution in [0.1, 0.15) is 23.2 Å². The number of para-hydroxylation sites is 5. The van der Waals surface area contributed by atoms with Crippen molar-refractivity contribution in [3.05, 3.63) is 211 Å². The van der Waals surface area contributed by atoms with E-state index in [-0.39, 0.29) is 0 Å². The lowest BCUT2D eigenvalue weighted by Crippen LogP contribution is -2.41. The standard InChI is InChI=1S/C60H40N8/c1-4-18-37(19-5-1)54-60(67-50-31-17-13-27-46(50)53-51(67)35-34-43-40-24-10-14-28-47(40)65(55(43)53)38-20-6-2-7-21-38)64-58-59(63-54)62-52(36-61-58)68-49-30-16-12-26-42(49)45-33-32-44-41-25-11-15-29-48(41)66(56(44)57(45)68)39-22-8-3-9-23-39/h1-12,14-26,28-36,59,63H,13,27H2. The van der Waals surface area contributed by atoms with Crippen LogP contribution in [0.25, 0.3) is 105 Å². The van der Waals surface area contributed by atoms with Crippen LogP contribution in [0, 0.1) is 0 Å². The molecule has 0 saturated heterocycles. The van der Waals surface area contributed by atoms with Crippen LogP contribution in [0.3, 0.4) is 0 Å². The van der Waals surface area contributed by atoms with Gasteiger partial charge in [-0.3, -0.25) is 9.13 Å². The van der Waals surface area contributed by atoms with E-state index in [1.165, 1.54) is 43.5 Å². The summed E-state index contributed by atoms with van der Waals surface area (Å²) in [6.07, 6.45) is 7.84. The number of nitrogens with zero attached hydrogens (tertiary/aromatic N) is 7. The van der Waals surface area contributed by atoms with E-state index >= 15 is 0 Å². The Morgan fingerprint density at radius 2 is 1.00 bits per heavy atom. The fraction of sp³-hybridized carbons (Fsp3) is 0.0500. The number of aromatic nitrogens is 4. The first-order chi connectivity index (χ1) is 33.8. The summed E-state index contributed by atoms with van der Waals surface area (Å²) in [7, 11) is 0. The van der Waals surface area contributed by atoms with Gasteiger partial charge in [0.2, 0.25) is 0 Å². The first-order valence-corrected chi connectivity index (χ1v) is 23.4. The molecule has 1 atom stereocenters. The Hall–Kier alpha value is -9.01. The van der Waals surface area contributed by atoms with E-state index in [9.17, 15) is 0 Å². The first kappa shape index (κ1) is 37.2. The van der Waals surface area contributed by atoms with E-state index < -0.39 is 6.17 Å². The average Bonchev–Trinajstić information content (AvgIpc) is 4.14. The maximum absolute atomic E-state index is 5.58. The van der Waals surface area contributed by atoms with Gasteiger partial charge in [-0.2, -0.15) is 0 Å². The minimum Gasteiger partial charge on any atom is -0.354 e. The SMILES string of the molecule is C1=Cc2c(c3c(ccc4c5ccccc5n(-c5ccccc5)c43)n2C2=C(c3ccccc3)NC3N=C(n4c5ccccc5c5ccc6c7ccccc7n(-c7ccccc7)c6c54)C=NC3=N2)CC1. The van der Waals surface area contributed by atoms with Crippen LogP contribution in [0.2, 0.25) is 0 Å². The van der Waals surface area contributed by atoms with Gasteiger partial charge in [0.25, 0.3) is 0 Å². The number of hydrogen-bond acceptors (Lipinski definition) is 4. The van der Waals surface area contributed by atoms with Crippen molar-refractivity contribution >= 4 is 112 Å². The second kappa shape index (κ2) is 14.2. The van der Waals surface area contributed by atoms with Gasteiger partial charge in [-0.05, 0) is 73.0 Å². The third-order valence-corrected chi connectivity index (χ3v) is 14.3. The average molecular weight is 873 g/mol. The topological polar surface area (TPSA) is 68.8 Å². The molecule has 0 radical (unpaired) electrons. The van der Waals surface area contributed by atoms with Crippen LogP contribution in [0.15, 0.2) is 209 Å². The third-order valence-electron chi connectivity index (χ3n) is 14.3. The van der Waals surface area contributed by atoms with Gasteiger partial charge >= 0.3 is 0 Å². The van der Waals surface area contributed by atoms with Crippen molar-refractivity contribution in [3.63, 3.8) is 0 Å². The molecular weight excluding hydrogens is 833 g/mol. The van der Waals surface area contributed by atoms with Crippen LogP contribution in [0.4, 0.5) is 0 Å². The zero-order valence-electron chi connectivity index (χ0n) is 36.8. The largest absolute Gasteiger partial charge is 0.354 e. The van der Waals surface area contributed by atoms with Crippen molar-refractivity contribution in [3.8, 4) is 11.4 Å². The molecule has 68 heavy (non-hydrogen) atoms. The molecule has 3 aliphatic rings. The fourth-order valence-corrected chi connectivity index (χ4v) is 11.5. The Labute approximate surface area is 390 Å². The summed E-state index contributed by atoms with van der Waals surface area (Å²) in [5.74, 6) is 2.15. The predicted octanol–water partition coefficient (Wildman–Crippen LogP) is 13.5. The number of aryl methyl sites for hydroxylation is 1. The summed E-state index contributed by atoms with van der Waals surface area (Å²) >= 11 is 0. The van der Waals surface area contributed by atoms with Gasteiger partial charge in [-0.25, -0.2) is 15.0 Å². The molecule has 2 aliphatic heterocycles. The zero-order chi connectivity index (χ0) is 44.5. The predicted molar refractivity (Wildman–Crippen MR) is 283 cm³/mol. The van der Waals surface area contributed by atoms with Gasteiger partial charge in [0.15, 0.2) is 23.7 Å². The lowest BCUT2D eigenvalue weighted by atomic mass is 9.99. The highest BCUT2D eigenvalue weighted by Gasteiger charge is 2.33.